The molecule has 0 aromatic heterocycles. The lowest BCUT2D eigenvalue weighted by Gasteiger charge is -2.07. The van der Waals surface area contributed by atoms with Crippen LogP contribution in [0.15, 0.2) is 24.3 Å². The zero-order valence-electron chi connectivity index (χ0n) is 9.16. The summed E-state index contributed by atoms with van der Waals surface area (Å²) in [5.74, 6) is -0.0297. The Morgan fingerprint density at radius 2 is 1.87 bits per heavy atom. The molecule has 0 aliphatic rings. The van der Waals surface area contributed by atoms with Crippen molar-refractivity contribution in [2.24, 2.45) is 0 Å². The Morgan fingerprint density at radius 1 is 1.33 bits per heavy atom. The molecule has 1 aromatic carbocycles. The number of nitrogens with one attached hydrogen (secondary N) is 1. The van der Waals surface area contributed by atoms with Crippen LogP contribution in [0.4, 0.5) is 0 Å². The average molecular weight is 223 g/mol. The molecule has 0 bridgehead atoms. The average Bonchev–Trinajstić information content (AvgIpc) is 2.26. The molecule has 2 nitrogen and oxygen atoms in total. The number of carbonyl (C=O) groups is 1. The molecule has 1 N–H and O–H groups in total. The highest BCUT2D eigenvalue weighted by Gasteiger charge is 2.06. The Bertz CT molecular complexity index is 319. The Labute approximate surface area is 96.5 Å². The maximum atomic E-state index is 11.3. The fourth-order valence-electron chi connectivity index (χ4n) is 1.23. The van der Waals surface area contributed by atoms with Crippen molar-refractivity contribution in [2.75, 3.05) is 0 Å². The number of hydrogen-bond donors (Lipinski definition) is 2. The van der Waals surface area contributed by atoms with E-state index in [1.165, 1.54) is 5.56 Å². The highest BCUT2D eigenvalue weighted by molar-refractivity contribution is 7.81. The molecule has 0 spiro atoms. The van der Waals surface area contributed by atoms with Gasteiger partial charge >= 0.3 is 0 Å². The number of benzene rings is 1. The largest absolute Gasteiger partial charge is 0.351 e. The zero-order valence-corrected chi connectivity index (χ0v) is 10.1. The summed E-state index contributed by atoms with van der Waals surface area (Å²) in [4.78, 5) is 11.3. The van der Waals surface area contributed by atoms with Crippen LogP contribution in [-0.4, -0.2) is 11.2 Å². The molecule has 1 amide bonds. The van der Waals surface area contributed by atoms with Crippen LogP contribution in [-0.2, 0) is 17.8 Å². The summed E-state index contributed by atoms with van der Waals surface area (Å²) in [6, 6.07) is 8.27. The molecule has 0 heterocycles. The molecular weight excluding hydrogens is 206 g/mol. The van der Waals surface area contributed by atoms with E-state index in [0.29, 0.717) is 6.54 Å². The van der Waals surface area contributed by atoms with Gasteiger partial charge in [0.2, 0.25) is 5.91 Å². The molecule has 0 saturated heterocycles. The first-order valence-corrected chi connectivity index (χ1v) is 5.68. The molecule has 0 aliphatic heterocycles. The maximum Gasteiger partial charge on any atom is 0.232 e. The third-order valence-corrected chi connectivity index (χ3v) is 2.51. The van der Waals surface area contributed by atoms with Crippen molar-refractivity contribution in [1.29, 1.82) is 0 Å². The summed E-state index contributed by atoms with van der Waals surface area (Å²) in [5.41, 5.74) is 2.43. The quantitative estimate of drug-likeness (QED) is 0.753. The van der Waals surface area contributed by atoms with Gasteiger partial charge in [-0.3, -0.25) is 4.79 Å². The van der Waals surface area contributed by atoms with Crippen molar-refractivity contribution < 1.29 is 4.79 Å². The Kier molecular flexibility index (Phi) is 4.69. The zero-order chi connectivity index (χ0) is 11.3. The minimum Gasteiger partial charge on any atom is -0.351 e. The van der Waals surface area contributed by atoms with Crippen molar-refractivity contribution in [3.05, 3.63) is 35.4 Å². The van der Waals surface area contributed by atoms with E-state index in [1.807, 2.05) is 12.1 Å². The smallest absolute Gasteiger partial charge is 0.232 e. The van der Waals surface area contributed by atoms with Crippen LogP contribution in [0.5, 0.6) is 0 Å². The number of carbonyl (C=O) groups excluding carboxylic acids is 1. The predicted octanol–water partition coefficient (Wildman–Crippen LogP) is 2.18. The molecule has 0 fully saturated rings. The second-order valence-electron chi connectivity index (χ2n) is 3.56. The van der Waals surface area contributed by atoms with Crippen molar-refractivity contribution in [2.45, 2.75) is 32.1 Å². The van der Waals surface area contributed by atoms with E-state index >= 15 is 0 Å². The van der Waals surface area contributed by atoms with E-state index in [0.717, 1.165) is 12.0 Å². The van der Waals surface area contributed by atoms with E-state index in [2.05, 4.69) is 37.0 Å². The van der Waals surface area contributed by atoms with E-state index in [-0.39, 0.29) is 11.2 Å². The second-order valence-corrected chi connectivity index (χ2v) is 4.34. The minimum absolute atomic E-state index is 0.0297. The number of hydrogen-bond acceptors (Lipinski definition) is 2. The Balaban J connectivity index is 2.47. The van der Waals surface area contributed by atoms with Gasteiger partial charge in [-0.1, -0.05) is 31.2 Å². The lowest BCUT2D eigenvalue weighted by atomic mass is 10.1. The van der Waals surface area contributed by atoms with Gasteiger partial charge in [-0.05, 0) is 24.5 Å². The number of aryl methyl sites for hydroxylation is 1. The van der Waals surface area contributed by atoms with Gasteiger partial charge in [0.25, 0.3) is 0 Å². The molecule has 1 atom stereocenters. The molecule has 3 heteroatoms. The Hall–Kier alpha value is -0.960. The van der Waals surface area contributed by atoms with E-state index in [4.69, 9.17) is 0 Å². The minimum atomic E-state index is -0.250. The molecule has 82 valence electrons. The second kappa shape index (κ2) is 5.81. The van der Waals surface area contributed by atoms with Gasteiger partial charge in [0.05, 0.1) is 5.25 Å². The van der Waals surface area contributed by atoms with E-state index in [9.17, 15) is 4.79 Å². The predicted molar refractivity (Wildman–Crippen MR) is 66.1 cm³/mol. The van der Waals surface area contributed by atoms with E-state index in [1.54, 1.807) is 6.92 Å². The van der Waals surface area contributed by atoms with Crippen LogP contribution in [0.3, 0.4) is 0 Å². The number of thiol groups is 1. The van der Waals surface area contributed by atoms with Crippen molar-refractivity contribution in [1.82, 2.24) is 5.32 Å². The molecule has 1 unspecified atom stereocenters. The number of rotatable bonds is 4. The van der Waals surface area contributed by atoms with Crippen LogP contribution in [0.25, 0.3) is 0 Å². The van der Waals surface area contributed by atoms with Crippen molar-refractivity contribution >= 4 is 18.5 Å². The fourth-order valence-corrected chi connectivity index (χ4v) is 1.32. The fraction of sp³-hybridized carbons (Fsp3) is 0.417. The molecule has 0 radical (unpaired) electrons. The standard InChI is InChI=1S/C12H17NOS/c1-3-10-4-6-11(7-5-10)8-13-12(14)9(2)15/h4-7,9,15H,3,8H2,1-2H3,(H,13,14). The summed E-state index contributed by atoms with van der Waals surface area (Å²) in [6.07, 6.45) is 1.04. The van der Waals surface area contributed by atoms with Crippen LogP contribution < -0.4 is 5.32 Å². The van der Waals surface area contributed by atoms with Gasteiger partial charge in [0.15, 0.2) is 0 Å². The SMILES string of the molecule is CCc1ccc(CNC(=O)C(C)S)cc1. The summed E-state index contributed by atoms with van der Waals surface area (Å²) in [6.45, 7) is 4.46. The monoisotopic (exact) mass is 223 g/mol. The van der Waals surface area contributed by atoms with Gasteiger partial charge in [-0.15, -0.1) is 0 Å². The topological polar surface area (TPSA) is 29.1 Å². The van der Waals surface area contributed by atoms with Crippen LogP contribution in [0.1, 0.15) is 25.0 Å². The van der Waals surface area contributed by atoms with E-state index < -0.39 is 0 Å². The molecule has 0 aliphatic carbocycles. The lowest BCUT2D eigenvalue weighted by Crippen LogP contribution is -2.29. The first-order chi connectivity index (χ1) is 7.13. The highest BCUT2D eigenvalue weighted by atomic mass is 32.1. The van der Waals surface area contributed by atoms with Crippen LogP contribution in [0.2, 0.25) is 0 Å². The molecule has 15 heavy (non-hydrogen) atoms. The summed E-state index contributed by atoms with van der Waals surface area (Å²) in [7, 11) is 0. The van der Waals surface area contributed by atoms with Crippen LogP contribution in [0, 0.1) is 0 Å². The first-order valence-electron chi connectivity index (χ1n) is 5.17. The summed E-state index contributed by atoms with van der Waals surface area (Å²) >= 11 is 4.06. The first kappa shape index (κ1) is 12.1. The van der Waals surface area contributed by atoms with Gasteiger partial charge < -0.3 is 5.32 Å². The third kappa shape index (κ3) is 3.96. The third-order valence-electron chi connectivity index (χ3n) is 2.28. The number of amides is 1. The summed E-state index contributed by atoms with van der Waals surface area (Å²) in [5, 5.41) is 2.57. The maximum absolute atomic E-state index is 11.3. The van der Waals surface area contributed by atoms with Crippen molar-refractivity contribution in [3.63, 3.8) is 0 Å². The van der Waals surface area contributed by atoms with Gasteiger partial charge in [-0.25, -0.2) is 0 Å². The van der Waals surface area contributed by atoms with Gasteiger partial charge in [0.1, 0.15) is 0 Å². The molecular formula is C12H17NOS. The lowest BCUT2D eigenvalue weighted by molar-refractivity contribution is -0.120. The highest BCUT2D eigenvalue weighted by Crippen LogP contribution is 2.05. The van der Waals surface area contributed by atoms with Crippen LogP contribution >= 0.6 is 12.6 Å². The Morgan fingerprint density at radius 3 is 2.33 bits per heavy atom. The molecule has 0 saturated carbocycles. The van der Waals surface area contributed by atoms with Crippen molar-refractivity contribution in [3.8, 4) is 0 Å². The molecule has 1 aromatic rings. The summed E-state index contributed by atoms with van der Waals surface area (Å²) < 4.78 is 0. The van der Waals surface area contributed by atoms with Gasteiger partial charge in [0, 0.05) is 6.54 Å². The molecule has 1 rings (SSSR count). The normalized spacial score (nSPS) is 12.2. The van der Waals surface area contributed by atoms with Gasteiger partial charge in [-0.2, -0.15) is 12.6 Å².